The van der Waals surface area contributed by atoms with Crippen LogP contribution in [0.3, 0.4) is 0 Å². The van der Waals surface area contributed by atoms with Crippen molar-refractivity contribution in [2.45, 2.75) is 32.2 Å². The average molecular weight is 362 g/mol. The number of benzene rings is 1. The second-order valence-corrected chi connectivity index (χ2v) is 7.36. The molecular weight excluding hydrogens is 338 g/mol. The van der Waals surface area contributed by atoms with Gasteiger partial charge < -0.3 is 10.6 Å². The van der Waals surface area contributed by atoms with Crippen LogP contribution in [0.25, 0.3) is 0 Å². The summed E-state index contributed by atoms with van der Waals surface area (Å²) in [7, 11) is -3.30. The lowest BCUT2D eigenvalue weighted by atomic mass is 10.1. The number of carbonyl (C=O) groups excluding carboxylic acids is 1. The van der Waals surface area contributed by atoms with Gasteiger partial charge in [0.1, 0.15) is 0 Å². The molecule has 1 heterocycles. The van der Waals surface area contributed by atoms with Gasteiger partial charge in [0, 0.05) is 23.8 Å². The van der Waals surface area contributed by atoms with Gasteiger partial charge in [-0.25, -0.2) is 8.42 Å². The van der Waals surface area contributed by atoms with E-state index in [-0.39, 0.29) is 30.1 Å². The van der Waals surface area contributed by atoms with Gasteiger partial charge >= 0.3 is 0 Å². The number of rotatable bonds is 6. The molecule has 1 saturated heterocycles. The van der Waals surface area contributed by atoms with Crippen molar-refractivity contribution in [2.24, 2.45) is 0 Å². The van der Waals surface area contributed by atoms with Crippen molar-refractivity contribution in [3.8, 4) is 0 Å². The summed E-state index contributed by atoms with van der Waals surface area (Å²) in [5, 5.41) is 6.23. The van der Waals surface area contributed by atoms with Crippen LogP contribution in [0.4, 0.5) is 5.69 Å². The van der Waals surface area contributed by atoms with Crippen molar-refractivity contribution in [3.05, 3.63) is 29.8 Å². The zero-order valence-corrected chi connectivity index (χ0v) is 14.8. The first-order valence-electron chi connectivity index (χ1n) is 7.62. The van der Waals surface area contributed by atoms with Crippen LogP contribution in [-0.4, -0.2) is 39.2 Å². The number of sulfonamides is 1. The summed E-state index contributed by atoms with van der Waals surface area (Å²) in [6.45, 7) is 3.60. The Labute approximate surface area is 143 Å². The topological polar surface area (TPSA) is 87.3 Å². The van der Waals surface area contributed by atoms with Crippen LogP contribution in [0.2, 0.25) is 0 Å². The molecule has 1 amide bonds. The van der Waals surface area contributed by atoms with Gasteiger partial charge in [0.2, 0.25) is 10.0 Å². The van der Waals surface area contributed by atoms with Gasteiger partial charge in [0.15, 0.2) is 0 Å². The van der Waals surface area contributed by atoms with E-state index in [1.165, 1.54) is 0 Å². The molecule has 0 unspecified atom stereocenters. The molecule has 0 spiro atoms. The summed E-state index contributed by atoms with van der Waals surface area (Å²) >= 11 is 0. The molecule has 0 radical (unpaired) electrons. The molecule has 0 aromatic heterocycles. The summed E-state index contributed by atoms with van der Waals surface area (Å²) in [5.41, 5.74) is 1.01. The Bertz CT molecular complexity index is 599. The Kier molecular flexibility index (Phi) is 7.81. The molecule has 1 atom stereocenters. The first-order chi connectivity index (χ1) is 10.5. The number of anilines is 1. The second kappa shape index (κ2) is 9.10. The number of hydrogen-bond donors (Lipinski definition) is 3. The largest absolute Gasteiger partial charge is 0.348 e. The van der Waals surface area contributed by atoms with Crippen molar-refractivity contribution in [2.75, 3.05) is 23.6 Å². The van der Waals surface area contributed by atoms with Crippen molar-refractivity contribution in [3.63, 3.8) is 0 Å². The zero-order valence-electron chi connectivity index (χ0n) is 13.2. The molecule has 0 aliphatic carbocycles. The summed E-state index contributed by atoms with van der Waals surface area (Å²) in [6, 6.07) is 6.65. The van der Waals surface area contributed by atoms with E-state index in [9.17, 15) is 13.2 Å². The van der Waals surface area contributed by atoms with Crippen LogP contribution in [-0.2, 0) is 10.0 Å². The first kappa shape index (κ1) is 19.7. The maximum Gasteiger partial charge on any atom is 0.251 e. The molecule has 1 aliphatic rings. The van der Waals surface area contributed by atoms with E-state index in [0.717, 1.165) is 25.9 Å². The predicted octanol–water partition coefficient (Wildman–Crippen LogP) is 1.74. The van der Waals surface area contributed by atoms with Gasteiger partial charge in [-0.05, 0) is 50.1 Å². The molecular formula is C15H24ClN3O3S. The molecule has 3 N–H and O–H groups in total. The lowest BCUT2D eigenvalue weighted by Gasteiger charge is -2.23. The third-order valence-corrected chi connectivity index (χ3v) is 5.02. The average Bonchev–Trinajstić information content (AvgIpc) is 2.48. The third kappa shape index (κ3) is 6.37. The molecule has 0 saturated carbocycles. The van der Waals surface area contributed by atoms with E-state index in [1.807, 2.05) is 6.92 Å². The molecule has 8 heteroatoms. The SMILES string of the molecule is CCCS(=O)(=O)Nc1ccc(C(=O)N[C@H]2CCCNC2)cc1.Cl. The maximum absolute atomic E-state index is 12.1. The summed E-state index contributed by atoms with van der Waals surface area (Å²) < 4.78 is 25.9. The highest BCUT2D eigenvalue weighted by Gasteiger charge is 2.16. The van der Waals surface area contributed by atoms with Crippen LogP contribution in [0.1, 0.15) is 36.5 Å². The number of hydrogen-bond acceptors (Lipinski definition) is 4. The van der Waals surface area contributed by atoms with Crippen molar-refractivity contribution in [1.82, 2.24) is 10.6 Å². The Morgan fingerprint density at radius 3 is 2.57 bits per heavy atom. The minimum Gasteiger partial charge on any atom is -0.348 e. The second-order valence-electron chi connectivity index (χ2n) is 5.52. The minimum absolute atomic E-state index is 0. The van der Waals surface area contributed by atoms with Crippen LogP contribution < -0.4 is 15.4 Å². The fourth-order valence-corrected chi connectivity index (χ4v) is 3.57. The van der Waals surface area contributed by atoms with Gasteiger partial charge in [0.25, 0.3) is 5.91 Å². The monoisotopic (exact) mass is 361 g/mol. The molecule has 1 aromatic rings. The highest BCUT2D eigenvalue weighted by atomic mass is 35.5. The van der Waals surface area contributed by atoms with Gasteiger partial charge in [-0.15, -0.1) is 12.4 Å². The minimum atomic E-state index is -3.30. The summed E-state index contributed by atoms with van der Waals surface area (Å²) in [5.74, 6) is -0.0409. The molecule has 23 heavy (non-hydrogen) atoms. The quantitative estimate of drug-likeness (QED) is 0.720. The Morgan fingerprint density at radius 1 is 1.30 bits per heavy atom. The smallest absolute Gasteiger partial charge is 0.251 e. The molecule has 0 bridgehead atoms. The van der Waals surface area contributed by atoms with Crippen LogP contribution in [0.5, 0.6) is 0 Å². The lowest BCUT2D eigenvalue weighted by Crippen LogP contribution is -2.45. The summed E-state index contributed by atoms with van der Waals surface area (Å²) in [6.07, 6.45) is 2.60. The van der Waals surface area contributed by atoms with Crippen LogP contribution >= 0.6 is 12.4 Å². The van der Waals surface area contributed by atoms with Gasteiger partial charge in [0.05, 0.1) is 5.75 Å². The highest BCUT2D eigenvalue weighted by molar-refractivity contribution is 7.92. The van der Waals surface area contributed by atoms with Crippen LogP contribution in [0, 0.1) is 0 Å². The molecule has 6 nitrogen and oxygen atoms in total. The molecule has 130 valence electrons. The number of halogens is 1. The highest BCUT2D eigenvalue weighted by Crippen LogP contribution is 2.12. The number of carbonyl (C=O) groups is 1. The van der Waals surface area contributed by atoms with Crippen molar-refractivity contribution >= 4 is 34.0 Å². The number of nitrogens with one attached hydrogen (secondary N) is 3. The summed E-state index contributed by atoms with van der Waals surface area (Å²) in [4.78, 5) is 12.1. The standard InChI is InChI=1S/C15H23N3O3S.ClH/c1-2-10-22(20,21)18-13-7-5-12(6-8-13)15(19)17-14-4-3-9-16-11-14;/h5-8,14,16,18H,2-4,9-11H2,1H3,(H,17,19);1H/t14-;/m0./s1. The molecule has 2 rings (SSSR count). The first-order valence-corrected chi connectivity index (χ1v) is 9.27. The molecule has 1 aliphatic heterocycles. The predicted molar refractivity (Wildman–Crippen MR) is 94.7 cm³/mol. The lowest BCUT2D eigenvalue weighted by molar-refractivity contribution is 0.0930. The Hall–Kier alpha value is -1.31. The zero-order chi connectivity index (χ0) is 16.0. The fraction of sp³-hybridized carbons (Fsp3) is 0.533. The Balaban J connectivity index is 0.00000264. The van der Waals surface area contributed by atoms with Gasteiger partial charge in [-0.2, -0.15) is 0 Å². The maximum atomic E-state index is 12.1. The van der Waals surface area contributed by atoms with Gasteiger partial charge in [-0.3, -0.25) is 9.52 Å². The van der Waals surface area contributed by atoms with E-state index in [4.69, 9.17) is 0 Å². The Morgan fingerprint density at radius 2 is 2.00 bits per heavy atom. The van der Waals surface area contributed by atoms with E-state index in [0.29, 0.717) is 17.7 Å². The molecule has 1 aromatic carbocycles. The van der Waals surface area contributed by atoms with E-state index >= 15 is 0 Å². The van der Waals surface area contributed by atoms with Crippen molar-refractivity contribution < 1.29 is 13.2 Å². The van der Waals surface area contributed by atoms with Crippen molar-refractivity contribution in [1.29, 1.82) is 0 Å². The van der Waals surface area contributed by atoms with Crippen LogP contribution in [0.15, 0.2) is 24.3 Å². The molecule has 1 fully saturated rings. The number of amides is 1. The van der Waals surface area contributed by atoms with E-state index in [2.05, 4.69) is 15.4 Å². The number of piperidine rings is 1. The normalized spacial score (nSPS) is 17.9. The van der Waals surface area contributed by atoms with Gasteiger partial charge in [-0.1, -0.05) is 6.92 Å². The van der Waals surface area contributed by atoms with E-state index in [1.54, 1.807) is 24.3 Å². The fourth-order valence-electron chi connectivity index (χ4n) is 2.43. The third-order valence-electron chi connectivity index (χ3n) is 3.53. The van der Waals surface area contributed by atoms with E-state index < -0.39 is 10.0 Å².